The summed E-state index contributed by atoms with van der Waals surface area (Å²) in [4.78, 5) is 24.9. The molecule has 0 aliphatic carbocycles. The molecule has 0 bridgehead atoms. The predicted octanol–water partition coefficient (Wildman–Crippen LogP) is 2.71. The molecule has 0 unspecified atom stereocenters. The fraction of sp³-hybridized carbons (Fsp3) is 0.200. The van der Waals surface area contributed by atoms with Crippen molar-refractivity contribution in [2.75, 3.05) is 19.5 Å². The number of amides is 1. The lowest BCUT2D eigenvalue weighted by molar-refractivity contribution is -0.115. The number of phenolic OH excluding ortho intramolecular Hbond substituents is 2. The Morgan fingerprint density at radius 2 is 1.89 bits per heavy atom. The summed E-state index contributed by atoms with van der Waals surface area (Å²) >= 11 is 0. The molecule has 3 rings (SSSR count). The van der Waals surface area contributed by atoms with Crippen molar-refractivity contribution in [1.82, 2.24) is 0 Å². The van der Waals surface area contributed by atoms with E-state index in [2.05, 4.69) is 5.32 Å². The van der Waals surface area contributed by atoms with Gasteiger partial charge in [-0.1, -0.05) is 0 Å². The number of benzene rings is 2. The molecule has 1 aromatic heterocycles. The van der Waals surface area contributed by atoms with Gasteiger partial charge >= 0.3 is 5.63 Å². The minimum atomic E-state index is -0.720. The van der Waals surface area contributed by atoms with Gasteiger partial charge in [-0.2, -0.15) is 0 Å². The van der Waals surface area contributed by atoms with E-state index >= 15 is 0 Å². The Bertz CT molecular complexity index is 1120. The molecule has 0 spiro atoms. The largest absolute Gasteiger partial charge is 0.508 e. The Balaban J connectivity index is 1.95. The third kappa shape index (κ3) is 3.57. The highest BCUT2D eigenvalue weighted by Gasteiger charge is 2.19. The third-order valence-corrected chi connectivity index (χ3v) is 4.36. The van der Waals surface area contributed by atoms with Crippen molar-refractivity contribution in [3.8, 4) is 23.0 Å². The number of phenols is 2. The molecule has 0 fully saturated rings. The number of fused-ring (bicyclic) bond motifs is 1. The zero-order valence-corrected chi connectivity index (χ0v) is 15.5. The maximum absolute atomic E-state index is 12.5. The van der Waals surface area contributed by atoms with E-state index in [1.807, 2.05) is 0 Å². The van der Waals surface area contributed by atoms with Gasteiger partial charge < -0.3 is 29.4 Å². The Kier molecular flexibility index (Phi) is 5.12. The Labute approximate surface area is 159 Å². The van der Waals surface area contributed by atoms with E-state index in [1.54, 1.807) is 25.1 Å². The first-order chi connectivity index (χ1) is 13.3. The van der Waals surface area contributed by atoms with E-state index in [0.29, 0.717) is 22.7 Å². The van der Waals surface area contributed by atoms with Crippen LogP contribution in [0.5, 0.6) is 23.0 Å². The van der Waals surface area contributed by atoms with Crippen molar-refractivity contribution in [2.24, 2.45) is 0 Å². The summed E-state index contributed by atoms with van der Waals surface area (Å²) in [5.41, 5.74) is 0.216. The van der Waals surface area contributed by atoms with Crippen LogP contribution in [-0.4, -0.2) is 30.3 Å². The fourth-order valence-electron chi connectivity index (χ4n) is 2.98. The number of carbonyl (C=O) groups excluding carboxylic acids is 1. The molecule has 0 radical (unpaired) electrons. The summed E-state index contributed by atoms with van der Waals surface area (Å²) in [7, 11) is 2.97. The average Bonchev–Trinajstić information content (AvgIpc) is 2.64. The topological polar surface area (TPSA) is 118 Å². The summed E-state index contributed by atoms with van der Waals surface area (Å²) in [6, 6.07) is 7.30. The summed E-state index contributed by atoms with van der Waals surface area (Å²) in [6.45, 7) is 1.60. The van der Waals surface area contributed by atoms with E-state index in [0.717, 1.165) is 6.07 Å². The molecule has 0 saturated carbocycles. The number of carbonyl (C=O) groups is 1. The number of ether oxygens (including phenoxy) is 2. The number of methoxy groups -OCH3 is 2. The molecule has 0 atom stereocenters. The van der Waals surface area contributed by atoms with Gasteiger partial charge in [0.1, 0.15) is 28.6 Å². The summed E-state index contributed by atoms with van der Waals surface area (Å²) in [5, 5.41) is 22.6. The van der Waals surface area contributed by atoms with Crippen LogP contribution in [-0.2, 0) is 11.2 Å². The standard InChI is InChI=1S/C20H19NO7/c1-10-13(20(25)28-17-7-11(22)6-15(23)19(10)17)9-18(24)21-14-8-12(26-2)4-5-16(14)27-3/h4-8,22-23H,9H2,1-3H3,(H,21,24). The predicted molar refractivity (Wildman–Crippen MR) is 102 cm³/mol. The van der Waals surface area contributed by atoms with Crippen LogP contribution in [0.15, 0.2) is 39.5 Å². The van der Waals surface area contributed by atoms with Crippen LogP contribution >= 0.6 is 0 Å². The Morgan fingerprint density at radius 1 is 1.14 bits per heavy atom. The van der Waals surface area contributed by atoms with Crippen LogP contribution in [0.25, 0.3) is 11.0 Å². The zero-order valence-electron chi connectivity index (χ0n) is 15.5. The van der Waals surface area contributed by atoms with E-state index in [4.69, 9.17) is 13.9 Å². The van der Waals surface area contributed by atoms with Crippen LogP contribution < -0.4 is 20.4 Å². The highest BCUT2D eigenvalue weighted by Crippen LogP contribution is 2.33. The number of hydrogen-bond acceptors (Lipinski definition) is 7. The summed E-state index contributed by atoms with van der Waals surface area (Å²) < 4.78 is 15.5. The van der Waals surface area contributed by atoms with Gasteiger partial charge in [0.05, 0.1) is 37.3 Å². The lowest BCUT2D eigenvalue weighted by Crippen LogP contribution is -2.21. The second-order valence-electron chi connectivity index (χ2n) is 6.12. The van der Waals surface area contributed by atoms with Gasteiger partial charge in [-0.3, -0.25) is 4.79 Å². The molecule has 0 aliphatic heterocycles. The lowest BCUT2D eigenvalue weighted by Gasteiger charge is -2.13. The summed E-state index contributed by atoms with van der Waals surface area (Å²) in [5.74, 6) is 0.0156. The van der Waals surface area contributed by atoms with E-state index in [9.17, 15) is 19.8 Å². The van der Waals surface area contributed by atoms with Crippen LogP contribution in [0, 0.1) is 6.92 Å². The van der Waals surface area contributed by atoms with E-state index < -0.39 is 11.5 Å². The van der Waals surface area contributed by atoms with Crippen molar-refractivity contribution < 1.29 is 28.9 Å². The minimum absolute atomic E-state index is 0.0404. The Morgan fingerprint density at radius 3 is 2.57 bits per heavy atom. The van der Waals surface area contributed by atoms with Crippen molar-refractivity contribution in [2.45, 2.75) is 13.3 Å². The van der Waals surface area contributed by atoms with E-state index in [1.165, 1.54) is 20.3 Å². The molecule has 0 aliphatic rings. The normalized spacial score (nSPS) is 10.7. The monoisotopic (exact) mass is 385 g/mol. The lowest BCUT2D eigenvalue weighted by atomic mass is 10.0. The van der Waals surface area contributed by atoms with Crippen molar-refractivity contribution in [1.29, 1.82) is 0 Å². The average molecular weight is 385 g/mol. The fourth-order valence-corrected chi connectivity index (χ4v) is 2.98. The summed E-state index contributed by atoms with van der Waals surface area (Å²) in [6.07, 6.45) is -0.273. The maximum atomic E-state index is 12.5. The van der Waals surface area contributed by atoms with Crippen molar-refractivity contribution in [3.63, 3.8) is 0 Å². The first kappa shape index (κ1) is 19.1. The molecule has 1 heterocycles. The molecular formula is C20H19NO7. The van der Waals surface area contributed by atoms with Gasteiger partial charge in [-0.15, -0.1) is 0 Å². The number of nitrogens with one attached hydrogen (secondary N) is 1. The molecule has 3 N–H and O–H groups in total. The molecular weight excluding hydrogens is 366 g/mol. The quantitative estimate of drug-likeness (QED) is 0.578. The first-order valence-corrected chi connectivity index (χ1v) is 8.34. The van der Waals surface area contributed by atoms with Gasteiger partial charge in [-0.05, 0) is 24.6 Å². The van der Waals surface area contributed by atoms with Crippen LogP contribution in [0.3, 0.4) is 0 Å². The smallest absolute Gasteiger partial charge is 0.340 e. The SMILES string of the molecule is COc1ccc(OC)c(NC(=O)Cc2c(C)c3c(O)cc(O)cc3oc2=O)c1. The number of hydrogen-bond donors (Lipinski definition) is 3. The molecule has 2 aromatic carbocycles. The second kappa shape index (κ2) is 7.51. The van der Waals surface area contributed by atoms with E-state index in [-0.39, 0.29) is 34.5 Å². The van der Waals surface area contributed by atoms with Gasteiger partial charge in [-0.25, -0.2) is 4.79 Å². The Hall–Kier alpha value is -3.68. The molecule has 3 aromatic rings. The molecule has 1 amide bonds. The number of anilines is 1. The maximum Gasteiger partial charge on any atom is 0.340 e. The number of aromatic hydroxyl groups is 2. The number of aryl methyl sites for hydroxylation is 1. The van der Waals surface area contributed by atoms with Crippen molar-refractivity contribution >= 4 is 22.6 Å². The van der Waals surface area contributed by atoms with Crippen LogP contribution in [0.2, 0.25) is 0 Å². The van der Waals surface area contributed by atoms with Gasteiger partial charge in [0.15, 0.2) is 0 Å². The molecule has 146 valence electrons. The molecule has 0 saturated heterocycles. The highest BCUT2D eigenvalue weighted by molar-refractivity contribution is 5.95. The highest BCUT2D eigenvalue weighted by atomic mass is 16.5. The molecule has 8 nitrogen and oxygen atoms in total. The second-order valence-corrected chi connectivity index (χ2v) is 6.12. The first-order valence-electron chi connectivity index (χ1n) is 8.34. The van der Waals surface area contributed by atoms with Crippen LogP contribution in [0.1, 0.15) is 11.1 Å². The van der Waals surface area contributed by atoms with Crippen LogP contribution in [0.4, 0.5) is 5.69 Å². The zero-order chi connectivity index (χ0) is 20.4. The molecule has 8 heteroatoms. The minimum Gasteiger partial charge on any atom is -0.508 e. The van der Waals surface area contributed by atoms with Gasteiger partial charge in [0, 0.05) is 18.2 Å². The molecule has 28 heavy (non-hydrogen) atoms. The van der Waals surface area contributed by atoms with Gasteiger partial charge in [0.2, 0.25) is 5.91 Å². The number of rotatable bonds is 5. The third-order valence-electron chi connectivity index (χ3n) is 4.36. The van der Waals surface area contributed by atoms with Gasteiger partial charge in [0.25, 0.3) is 0 Å². The van der Waals surface area contributed by atoms with Crippen molar-refractivity contribution in [3.05, 3.63) is 51.9 Å².